The summed E-state index contributed by atoms with van der Waals surface area (Å²) < 4.78 is 6.67. The highest BCUT2D eigenvalue weighted by Gasteiger charge is 2.40. The van der Waals surface area contributed by atoms with E-state index in [1.807, 2.05) is 18.3 Å². The van der Waals surface area contributed by atoms with Crippen molar-refractivity contribution >= 4 is 27.6 Å². The summed E-state index contributed by atoms with van der Waals surface area (Å²) >= 11 is 0. The third-order valence-electron chi connectivity index (χ3n) is 8.88. The second-order valence-electron chi connectivity index (χ2n) is 11.4. The number of benzene rings is 2. The molecule has 2 aromatic heterocycles. The van der Waals surface area contributed by atoms with Crippen LogP contribution in [0, 0.1) is 12.3 Å². The molecule has 0 radical (unpaired) electrons. The summed E-state index contributed by atoms with van der Waals surface area (Å²) in [5.41, 5.74) is 3.44. The molecule has 192 valence electrons. The number of aromatic nitrogens is 4. The van der Waals surface area contributed by atoms with E-state index in [9.17, 15) is 0 Å². The van der Waals surface area contributed by atoms with Crippen molar-refractivity contribution in [1.29, 1.82) is 0 Å². The Morgan fingerprint density at radius 2 is 1.78 bits per heavy atom. The topological polar surface area (TPSA) is 82.2 Å². The Kier molecular flexibility index (Phi) is 5.55. The van der Waals surface area contributed by atoms with E-state index in [0.717, 1.165) is 103 Å². The highest BCUT2D eigenvalue weighted by Crippen LogP contribution is 2.41. The quantitative estimate of drug-likeness (QED) is 0.426. The minimum absolute atomic E-state index is 0.374. The zero-order valence-electron chi connectivity index (χ0n) is 21.8. The molecule has 3 aliphatic rings. The largest absolute Gasteiger partial charge is 0.454 e. The number of fused-ring (bicyclic) bond motifs is 2. The third kappa shape index (κ3) is 4.03. The van der Waals surface area contributed by atoms with Crippen molar-refractivity contribution < 1.29 is 4.74 Å². The van der Waals surface area contributed by atoms with Gasteiger partial charge >= 0.3 is 0 Å². The molecule has 37 heavy (non-hydrogen) atoms. The fourth-order valence-electron chi connectivity index (χ4n) is 6.27. The highest BCUT2D eigenvalue weighted by atomic mass is 16.5. The number of nitrogens with zero attached hydrogens (tertiary/aromatic N) is 5. The normalized spacial score (nSPS) is 20.5. The number of anilines is 1. The number of H-pyrrole nitrogens is 1. The van der Waals surface area contributed by atoms with Crippen molar-refractivity contribution in [3.05, 3.63) is 47.9 Å². The predicted molar refractivity (Wildman–Crippen MR) is 147 cm³/mol. The average molecular weight is 498 g/mol. The van der Waals surface area contributed by atoms with Gasteiger partial charge in [0.1, 0.15) is 22.9 Å². The van der Waals surface area contributed by atoms with E-state index in [-0.39, 0.29) is 0 Å². The highest BCUT2D eigenvalue weighted by molar-refractivity contribution is 5.94. The number of piperidine rings is 2. The molecule has 4 aromatic rings. The Balaban J connectivity index is 1.32. The van der Waals surface area contributed by atoms with Gasteiger partial charge in [0.05, 0.1) is 17.1 Å². The molecule has 1 spiro atoms. The summed E-state index contributed by atoms with van der Waals surface area (Å²) in [7, 11) is 2.20. The maximum Gasteiger partial charge on any atom is 0.153 e. The second-order valence-corrected chi connectivity index (χ2v) is 11.4. The number of para-hydroxylation sites is 1. The van der Waals surface area contributed by atoms with Gasteiger partial charge in [-0.3, -0.25) is 5.10 Å². The lowest BCUT2D eigenvalue weighted by atomic mass is 9.73. The Morgan fingerprint density at radius 1 is 0.973 bits per heavy atom. The molecule has 8 nitrogen and oxygen atoms in total. The lowest BCUT2D eigenvalue weighted by Gasteiger charge is -2.48. The molecule has 2 N–H and O–H groups in total. The zero-order valence-corrected chi connectivity index (χ0v) is 21.8. The van der Waals surface area contributed by atoms with Crippen LogP contribution in [0.4, 0.5) is 5.82 Å². The first-order valence-corrected chi connectivity index (χ1v) is 13.6. The molecular formula is C29H35N7O. The Hall–Kier alpha value is -3.23. The molecule has 0 aliphatic carbocycles. The molecule has 3 fully saturated rings. The molecule has 0 saturated carbocycles. The predicted octanol–water partition coefficient (Wildman–Crippen LogP) is 4.61. The van der Waals surface area contributed by atoms with E-state index in [1.54, 1.807) is 0 Å². The van der Waals surface area contributed by atoms with Gasteiger partial charge in [0.25, 0.3) is 0 Å². The van der Waals surface area contributed by atoms with Gasteiger partial charge in [-0.15, -0.1) is 0 Å². The van der Waals surface area contributed by atoms with Crippen molar-refractivity contribution in [3.63, 3.8) is 0 Å². The number of aromatic amines is 1. The molecule has 0 amide bonds. The first-order valence-electron chi connectivity index (χ1n) is 13.6. The van der Waals surface area contributed by atoms with Crippen LogP contribution in [0.5, 0.6) is 11.5 Å². The van der Waals surface area contributed by atoms with E-state index in [4.69, 9.17) is 14.7 Å². The maximum atomic E-state index is 6.67. The molecule has 0 atom stereocenters. The first-order chi connectivity index (χ1) is 18.1. The van der Waals surface area contributed by atoms with Crippen molar-refractivity contribution in [2.45, 2.75) is 38.5 Å². The first kappa shape index (κ1) is 22.9. The third-order valence-corrected chi connectivity index (χ3v) is 8.88. The second kappa shape index (κ2) is 8.96. The standard InChI is InChI=1S/C29H35N7O/c1-19-6-7-23-22(16-31-34-23)26(19)37-24-5-3-4-21-25(24)32-27(20-8-12-35(2)13-9-20)33-28(21)36-14-10-29(11-15-36)17-30-18-29/h3-7,16,20,30H,8-15,17-18H2,1-2H3,(H,31,34). The Morgan fingerprint density at radius 3 is 2.54 bits per heavy atom. The number of likely N-dealkylation sites (tertiary alicyclic amines) is 1. The fourth-order valence-corrected chi connectivity index (χ4v) is 6.27. The number of hydrogen-bond acceptors (Lipinski definition) is 7. The van der Waals surface area contributed by atoms with Crippen LogP contribution in [-0.2, 0) is 0 Å². The summed E-state index contributed by atoms with van der Waals surface area (Å²) in [6.07, 6.45) is 6.45. The van der Waals surface area contributed by atoms with Gasteiger partial charge in [-0.1, -0.05) is 12.1 Å². The van der Waals surface area contributed by atoms with E-state index in [0.29, 0.717) is 11.3 Å². The van der Waals surface area contributed by atoms with Gasteiger partial charge < -0.3 is 19.9 Å². The van der Waals surface area contributed by atoms with Crippen molar-refractivity contribution in [3.8, 4) is 11.5 Å². The van der Waals surface area contributed by atoms with Crippen LogP contribution < -0.4 is 15.0 Å². The number of ether oxygens (including phenoxy) is 1. The number of hydrogen-bond donors (Lipinski definition) is 2. The molecule has 2 aromatic carbocycles. The van der Waals surface area contributed by atoms with E-state index in [1.165, 1.54) is 12.8 Å². The van der Waals surface area contributed by atoms with E-state index in [2.05, 4.69) is 57.5 Å². The SMILES string of the molecule is Cc1ccc2[nH]ncc2c1Oc1cccc2c(N3CCC4(CC3)CNC4)nc(C3CCN(C)CC3)nc12. The molecule has 0 unspecified atom stereocenters. The molecule has 5 heterocycles. The van der Waals surface area contributed by atoms with Crippen LogP contribution in [0.25, 0.3) is 21.8 Å². The molecule has 0 bridgehead atoms. The number of nitrogens with one attached hydrogen (secondary N) is 2. The average Bonchev–Trinajstić information content (AvgIpc) is 3.39. The zero-order chi connectivity index (χ0) is 25.0. The monoisotopic (exact) mass is 497 g/mol. The molecule has 3 aliphatic heterocycles. The van der Waals surface area contributed by atoms with E-state index >= 15 is 0 Å². The van der Waals surface area contributed by atoms with Crippen LogP contribution in [0.3, 0.4) is 0 Å². The van der Waals surface area contributed by atoms with Gasteiger partial charge in [-0.2, -0.15) is 5.10 Å². The van der Waals surface area contributed by atoms with Crippen LogP contribution in [-0.4, -0.2) is 71.4 Å². The Bertz CT molecular complexity index is 1440. The molecule has 8 heteroatoms. The van der Waals surface area contributed by atoms with Crippen LogP contribution >= 0.6 is 0 Å². The summed E-state index contributed by atoms with van der Waals surface area (Å²) in [6.45, 7) is 8.64. The van der Waals surface area contributed by atoms with Crippen LogP contribution in [0.2, 0.25) is 0 Å². The van der Waals surface area contributed by atoms with Crippen molar-refractivity contribution in [2.75, 3.05) is 51.2 Å². The van der Waals surface area contributed by atoms with Crippen LogP contribution in [0.15, 0.2) is 36.5 Å². The Labute approximate surface area is 217 Å². The number of rotatable bonds is 4. The van der Waals surface area contributed by atoms with Crippen molar-refractivity contribution in [2.24, 2.45) is 5.41 Å². The van der Waals surface area contributed by atoms with Gasteiger partial charge in [0.15, 0.2) is 5.75 Å². The number of aryl methyl sites for hydroxylation is 1. The lowest BCUT2D eigenvalue weighted by molar-refractivity contribution is 0.126. The summed E-state index contributed by atoms with van der Waals surface area (Å²) in [5, 5.41) is 12.9. The lowest BCUT2D eigenvalue weighted by Crippen LogP contribution is -2.58. The summed E-state index contributed by atoms with van der Waals surface area (Å²) in [6, 6.07) is 10.4. The molecule has 7 rings (SSSR count). The molecule has 3 saturated heterocycles. The maximum absolute atomic E-state index is 6.67. The van der Waals surface area contributed by atoms with Gasteiger partial charge in [0.2, 0.25) is 0 Å². The van der Waals surface area contributed by atoms with Crippen molar-refractivity contribution in [1.82, 2.24) is 30.4 Å². The van der Waals surface area contributed by atoms with Crippen LogP contribution in [0.1, 0.15) is 43.0 Å². The molecular weight excluding hydrogens is 462 g/mol. The van der Waals surface area contributed by atoms with Gasteiger partial charge in [-0.05, 0) is 81.9 Å². The minimum Gasteiger partial charge on any atom is -0.454 e. The smallest absolute Gasteiger partial charge is 0.153 e. The van der Waals surface area contributed by atoms with Gasteiger partial charge in [-0.25, -0.2) is 9.97 Å². The minimum atomic E-state index is 0.374. The fraction of sp³-hybridized carbons (Fsp3) is 0.483. The van der Waals surface area contributed by atoms with Gasteiger partial charge in [0, 0.05) is 37.5 Å². The van der Waals surface area contributed by atoms with E-state index < -0.39 is 0 Å². The summed E-state index contributed by atoms with van der Waals surface area (Å²) in [4.78, 5) is 15.4. The summed E-state index contributed by atoms with van der Waals surface area (Å²) in [5.74, 6) is 4.03.